The molecule has 2 aromatic heterocycles. The summed E-state index contributed by atoms with van der Waals surface area (Å²) in [6.07, 6.45) is 4.38. The number of amides is 1. The molecule has 1 fully saturated rings. The third kappa shape index (κ3) is 3.56. The van der Waals surface area contributed by atoms with Gasteiger partial charge >= 0.3 is 0 Å². The molecule has 3 rings (SSSR count). The van der Waals surface area contributed by atoms with Crippen molar-refractivity contribution in [3.63, 3.8) is 0 Å². The highest BCUT2D eigenvalue weighted by Crippen LogP contribution is 2.27. The van der Waals surface area contributed by atoms with Crippen molar-refractivity contribution in [2.45, 2.75) is 20.3 Å². The van der Waals surface area contributed by atoms with Crippen LogP contribution in [0.5, 0.6) is 0 Å². The van der Waals surface area contributed by atoms with Gasteiger partial charge in [-0.2, -0.15) is 0 Å². The molecule has 0 N–H and O–H groups in total. The number of rotatable bonds is 5. The third-order valence-electron chi connectivity index (χ3n) is 3.92. The number of hydrogen-bond donors (Lipinski definition) is 0. The maximum absolute atomic E-state index is 12.8. The van der Waals surface area contributed by atoms with Gasteiger partial charge in [0.25, 0.3) is 5.91 Å². The SMILES string of the molecule is CCN(CC1CCOC1)C(=O)c1sc(-c2ncccn2)nc1C. The standard InChI is InChI=1S/C16H20N4O2S/c1-3-20(9-12-5-8-22-10-12)16(21)13-11(2)19-15(23-13)14-17-6-4-7-18-14/h4,6-7,12H,3,5,8-10H2,1-2H3. The van der Waals surface area contributed by atoms with E-state index in [1.54, 1.807) is 18.5 Å². The van der Waals surface area contributed by atoms with E-state index >= 15 is 0 Å². The van der Waals surface area contributed by atoms with E-state index in [4.69, 9.17) is 4.74 Å². The van der Waals surface area contributed by atoms with Crippen molar-refractivity contribution in [3.05, 3.63) is 29.0 Å². The Kier molecular flexibility index (Phi) is 4.97. The van der Waals surface area contributed by atoms with Crippen molar-refractivity contribution in [2.24, 2.45) is 5.92 Å². The second kappa shape index (κ2) is 7.14. The van der Waals surface area contributed by atoms with Crippen molar-refractivity contribution >= 4 is 17.2 Å². The summed E-state index contributed by atoms with van der Waals surface area (Å²) in [4.78, 5) is 28.3. The lowest BCUT2D eigenvalue weighted by Gasteiger charge is -2.23. The summed E-state index contributed by atoms with van der Waals surface area (Å²) in [6.45, 7) is 6.84. The molecule has 122 valence electrons. The van der Waals surface area contributed by atoms with E-state index in [0.717, 1.165) is 31.9 Å². The first-order valence-electron chi connectivity index (χ1n) is 7.81. The van der Waals surface area contributed by atoms with Gasteiger partial charge in [-0.05, 0) is 26.3 Å². The highest BCUT2D eigenvalue weighted by atomic mass is 32.1. The monoisotopic (exact) mass is 332 g/mol. The van der Waals surface area contributed by atoms with E-state index < -0.39 is 0 Å². The van der Waals surface area contributed by atoms with Gasteiger partial charge in [0.15, 0.2) is 10.8 Å². The van der Waals surface area contributed by atoms with Crippen molar-refractivity contribution < 1.29 is 9.53 Å². The highest BCUT2D eigenvalue weighted by Gasteiger charge is 2.25. The molecule has 23 heavy (non-hydrogen) atoms. The Morgan fingerprint density at radius 2 is 2.22 bits per heavy atom. The summed E-state index contributed by atoms with van der Waals surface area (Å²) in [6, 6.07) is 1.76. The average Bonchev–Trinajstić information content (AvgIpc) is 3.22. The van der Waals surface area contributed by atoms with Gasteiger partial charge in [0.2, 0.25) is 0 Å². The molecule has 0 bridgehead atoms. The van der Waals surface area contributed by atoms with E-state index in [9.17, 15) is 4.79 Å². The first-order chi connectivity index (χ1) is 11.2. The molecular weight excluding hydrogens is 312 g/mol. The molecule has 1 aliphatic rings. The fourth-order valence-corrected chi connectivity index (χ4v) is 3.62. The third-order valence-corrected chi connectivity index (χ3v) is 5.06. The molecule has 1 saturated heterocycles. The number of aromatic nitrogens is 3. The van der Waals surface area contributed by atoms with Crippen molar-refractivity contribution in [1.29, 1.82) is 0 Å². The van der Waals surface area contributed by atoms with Gasteiger partial charge in [0.05, 0.1) is 12.3 Å². The van der Waals surface area contributed by atoms with Crippen molar-refractivity contribution in [1.82, 2.24) is 19.9 Å². The van der Waals surface area contributed by atoms with Crippen LogP contribution < -0.4 is 0 Å². The fourth-order valence-electron chi connectivity index (χ4n) is 2.64. The molecule has 0 aliphatic carbocycles. The van der Waals surface area contributed by atoms with E-state index in [1.165, 1.54) is 11.3 Å². The number of aryl methyl sites for hydroxylation is 1. The Balaban J connectivity index is 1.79. The number of nitrogens with zero attached hydrogens (tertiary/aromatic N) is 4. The van der Waals surface area contributed by atoms with Gasteiger partial charge in [0.1, 0.15) is 4.88 Å². The first-order valence-corrected chi connectivity index (χ1v) is 8.62. The summed E-state index contributed by atoms with van der Waals surface area (Å²) in [5.74, 6) is 1.03. The van der Waals surface area contributed by atoms with Crippen molar-refractivity contribution in [3.8, 4) is 10.8 Å². The minimum Gasteiger partial charge on any atom is -0.381 e. The minimum absolute atomic E-state index is 0.0385. The summed E-state index contributed by atoms with van der Waals surface area (Å²) < 4.78 is 5.41. The number of carbonyl (C=O) groups is 1. The van der Waals surface area contributed by atoms with Crippen LogP contribution in [0.2, 0.25) is 0 Å². The topological polar surface area (TPSA) is 68.2 Å². The van der Waals surface area contributed by atoms with Gasteiger partial charge in [-0.15, -0.1) is 11.3 Å². The predicted molar refractivity (Wildman–Crippen MR) is 88.4 cm³/mol. The summed E-state index contributed by atoms with van der Waals surface area (Å²) in [7, 11) is 0. The highest BCUT2D eigenvalue weighted by molar-refractivity contribution is 7.17. The van der Waals surface area contributed by atoms with Crippen LogP contribution in [0.25, 0.3) is 10.8 Å². The molecule has 2 aromatic rings. The van der Waals surface area contributed by atoms with Crippen LogP contribution in [-0.4, -0.2) is 52.1 Å². The van der Waals surface area contributed by atoms with Gasteiger partial charge < -0.3 is 9.64 Å². The zero-order valence-corrected chi connectivity index (χ0v) is 14.2. The Morgan fingerprint density at radius 3 is 2.87 bits per heavy atom. The fraction of sp³-hybridized carbons (Fsp3) is 0.500. The minimum atomic E-state index is 0.0385. The Morgan fingerprint density at radius 1 is 1.43 bits per heavy atom. The zero-order valence-electron chi connectivity index (χ0n) is 13.4. The van der Waals surface area contributed by atoms with Gasteiger partial charge in [-0.1, -0.05) is 0 Å². The smallest absolute Gasteiger partial charge is 0.265 e. The molecule has 0 radical (unpaired) electrons. The van der Waals surface area contributed by atoms with Gasteiger partial charge in [-0.25, -0.2) is 15.0 Å². The molecule has 0 spiro atoms. The summed E-state index contributed by atoms with van der Waals surface area (Å²) in [5, 5.41) is 0.687. The second-order valence-corrected chi connectivity index (χ2v) is 6.58. The molecule has 1 amide bonds. The second-order valence-electron chi connectivity index (χ2n) is 5.58. The molecule has 7 heteroatoms. The van der Waals surface area contributed by atoms with Crippen molar-refractivity contribution in [2.75, 3.05) is 26.3 Å². The molecule has 1 atom stereocenters. The number of hydrogen-bond acceptors (Lipinski definition) is 6. The number of thiazole rings is 1. The lowest BCUT2D eigenvalue weighted by molar-refractivity contribution is 0.0734. The van der Waals surface area contributed by atoms with Crippen LogP contribution in [0.4, 0.5) is 0 Å². The predicted octanol–water partition coefficient (Wildman–Crippen LogP) is 2.41. The lowest BCUT2D eigenvalue weighted by atomic mass is 10.1. The van der Waals surface area contributed by atoms with Gasteiger partial charge in [-0.3, -0.25) is 4.79 Å². The maximum Gasteiger partial charge on any atom is 0.265 e. The quantitative estimate of drug-likeness (QED) is 0.841. The van der Waals surface area contributed by atoms with E-state index in [1.807, 2.05) is 18.7 Å². The van der Waals surface area contributed by atoms with Crippen LogP contribution in [0.3, 0.4) is 0 Å². The number of ether oxygens (including phenoxy) is 1. The van der Waals surface area contributed by atoms with Crippen LogP contribution >= 0.6 is 11.3 Å². The van der Waals surface area contributed by atoms with Crippen LogP contribution in [0.1, 0.15) is 28.7 Å². The normalized spacial score (nSPS) is 17.4. The molecule has 1 unspecified atom stereocenters. The first kappa shape index (κ1) is 16.0. The van der Waals surface area contributed by atoms with Gasteiger partial charge in [0, 0.05) is 38.0 Å². The molecule has 6 nitrogen and oxygen atoms in total. The number of carbonyl (C=O) groups excluding carboxylic acids is 1. The van der Waals surface area contributed by atoms with Crippen LogP contribution in [0.15, 0.2) is 18.5 Å². The Labute approximate surface area is 139 Å². The van der Waals surface area contributed by atoms with Crippen LogP contribution in [0, 0.1) is 12.8 Å². The van der Waals surface area contributed by atoms with E-state index in [0.29, 0.717) is 28.2 Å². The maximum atomic E-state index is 12.8. The Hall–Kier alpha value is -1.86. The van der Waals surface area contributed by atoms with E-state index in [2.05, 4.69) is 15.0 Å². The average molecular weight is 332 g/mol. The molecule has 3 heterocycles. The molecular formula is C16H20N4O2S. The molecule has 0 aromatic carbocycles. The zero-order chi connectivity index (χ0) is 16.2. The van der Waals surface area contributed by atoms with E-state index in [-0.39, 0.29) is 5.91 Å². The largest absolute Gasteiger partial charge is 0.381 e. The Bertz CT molecular complexity index is 668. The molecule has 1 aliphatic heterocycles. The van der Waals surface area contributed by atoms with Crippen LogP contribution in [-0.2, 0) is 4.74 Å². The molecule has 0 saturated carbocycles. The summed E-state index contributed by atoms with van der Waals surface area (Å²) >= 11 is 1.36. The summed E-state index contributed by atoms with van der Waals surface area (Å²) in [5.41, 5.74) is 0.739. The lowest BCUT2D eigenvalue weighted by Crippen LogP contribution is -2.35.